The van der Waals surface area contributed by atoms with Crippen LogP contribution in [-0.4, -0.2) is 26.0 Å². The summed E-state index contributed by atoms with van der Waals surface area (Å²) in [7, 11) is 1.89. The number of rotatable bonds is 4. The average Bonchev–Trinajstić information content (AvgIpc) is 2.21. The van der Waals surface area contributed by atoms with Crippen molar-refractivity contribution in [1.29, 1.82) is 0 Å². The van der Waals surface area contributed by atoms with E-state index < -0.39 is 0 Å². The van der Waals surface area contributed by atoms with E-state index in [1.54, 1.807) is 0 Å². The average molecular weight is 282 g/mol. The summed E-state index contributed by atoms with van der Waals surface area (Å²) in [4.78, 5) is 12.6. The smallest absolute Gasteiger partial charge is 0.279 e. The molecule has 0 radical (unpaired) electrons. The molecule has 0 saturated carbocycles. The predicted molar refractivity (Wildman–Crippen MR) is 68.2 cm³/mol. The summed E-state index contributed by atoms with van der Waals surface area (Å²) in [6, 6.07) is 7.46. The highest BCUT2D eigenvalue weighted by atomic mass is 79.9. The summed E-state index contributed by atoms with van der Waals surface area (Å²) < 4.78 is 0.987. The number of nitrogens with one attached hydrogen (secondary N) is 2. The molecule has 0 aromatic heterocycles. The Labute approximate surface area is 104 Å². The van der Waals surface area contributed by atoms with Gasteiger partial charge in [0, 0.05) is 10.2 Å². The molecule has 3 nitrogen and oxygen atoms in total. The number of carbonyl (C=O) groups is 1. The van der Waals surface area contributed by atoms with Gasteiger partial charge >= 0.3 is 0 Å². The molecule has 0 aliphatic carbocycles. The molecular weight excluding hydrogens is 268 g/mol. The second-order valence-electron chi connectivity index (χ2n) is 3.57. The monoisotopic (exact) mass is 281 g/mol. The zero-order valence-corrected chi connectivity index (χ0v) is 10.7. The minimum absolute atomic E-state index is 0.0323. The molecule has 0 spiro atoms. The lowest BCUT2D eigenvalue weighted by atomic mass is 10.3. The second kappa shape index (κ2) is 6.31. The van der Waals surface area contributed by atoms with E-state index in [4.69, 9.17) is 6.42 Å². The number of carbonyl (C=O) groups excluding carboxylic acids is 1. The normalized spacial score (nSPS) is 11.6. The molecule has 4 heteroatoms. The molecule has 1 unspecified atom stereocenters. The molecule has 0 heterocycles. The predicted octanol–water partition coefficient (Wildman–Crippen LogP) is 0.535. The quantitative estimate of drug-likeness (QED) is 0.776. The molecule has 1 amide bonds. The van der Waals surface area contributed by atoms with Gasteiger partial charge < -0.3 is 10.2 Å². The number of benzene rings is 1. The largest absolute Gasteiger partial charge is 0.321 e. The van der Waals surface area contributed by atoms with Crippen LogP contribution in [0.4, 0.5) is 5.69 Å². The van der Waals surface area contributed by atoms with Crippen LogP contribution in [0.2, 0.25) is 0 Å². The van der Waals surface area contributed by atoms with Crippen molar-refractivity contribution in [3.8, 4) is 12.3 Å². The Balaban J connectivity index is 2.46. The molecule has 2 N–H and O–H groups in total. The van der Waals surface area contributed by atoms with E-state index in [-0.39, 0.29) is 5.91 Å². The zero-order chi connectivity index (χ0) is 12.0. The molecule has 16 heavy (non-hydrogen) atoms. The molecule has 0 aliphatic rings. The fourth-order valence-electron chi connectivity index (χ4n) is 1.25. The number of halogens is 1. The Kier molecular flexibility index (Phi) is 5.03. The van der Waals surface area contributed by atoms with Crippen molar-refractivity contribution in [3.63, 3.8) is 0 Å². The Hall–Kier alpha value is -1.31. The maximum atomic E-state index is 11.6. The van der Waals surface area contributed by atoms with Gasteiger partial charge in [-0.1, -0.05) is 15.9 Å². The fraction of sp³-hybridized carbons (Fsp3) is 0.250. The molecule has 84 valence electrons. The zero-order valence-electron chi connectivity index (χ0n) is 9.09. The molecular formula is C12H14BrN2O+. The van der Waals surface area contributed by atoms with Gasteiger partial charge in [0.05, 0.1) is 7.05 Å². The molecule has 1 rings (SSSR count). The maximum absolute atomic E-state index is 11.6. The van der Waals surface area contributed by atoms with Gasteiger partial charge in [-0.25, -0.2) is 0 Å². The SMILES string of the molecule is C#CC[NH+](C)CC(=O)Nc1ccc(Br)cc1. The Morgan fingerprint density at radius 3 is 2.69 bits per heavy atom. The van der Waals surface area contributed by atoms with Crippen LogP contribution < -0.4 is 10.2 Å². The lowest BCUT2D eigenvalue weighted by Crippen LogP contribution is -3.10. The van der Waals surface area contributed by atoms with Crippen LogP contribution in [0.25, 0.3) is 0 Å². The minimum atomic E-state index is -0.0323. The number of quaternary nitrogens is 1. The summed E-state index contributed by atoms with van der Waals surface area (Å²) in [6.07, 6.45) is 5.17. The third-order valence-electron chi connectivity index (χ3n) is 1.99. The molecule has 0 bridgehead atoms. The van der Waals surface area contributed by atoms with Gasteiger partial charge in [-0.3, -0.25) is 4.79 Å². The van der Waals surface area contributed by atoms with Crippen molar-refractivity contribution in [1.82, 2.24) is 0 Å². The van der Waals surface area contributed by atoms with Gasteiger partial charge in [-0.15, -0.1) is 6.42 Å². The number of likely N-dealkylation sites (N-methyl/N-ethyl adjacent to an activating group) is 1. The first-order valence-corrected chi connectivity index (χ1v) is 5.71. The third kappa shape index (κ3) is 4.47. The van der Waals surface area contributed by atoms with Crippen LogP contribution in [0, 0.1) is 12.3 Å². The van der Waals surface area contributed by atoms with Crippen molar-refractivity contribution in [2.24, 2.45) is 0 Å². The van der Waals surface area contributed by atoms with Crippen molar-refractivity contribution in [2.75, 3.05) is 25.5 Å². The van der Waals surface area contributed by atoms with E-state index in [0.29, 0.717) is 13.1 Å². The van der Waals surface area contributed by atoms with E-state index in [1.807, 2.05) is 31.3 Å². The Morgan fingerprint density at radius 2 is 2.12 bits per heavy atom. The van der Waals surface area contributed by atoms with Gasteiger partial charge in [0.1, 0.15) is 6.54 Å². The van der Waals surface area contributed by atoms with Gasteiger partial charge in [-0.2, -0.15) is 0 Å². The highest BCUT2D eigenvalue weighted by Gasteiger charge is 2.08. The molecule has 0 aliphatic heterocycles. The maximum Gasteiger partial charge on any atom is 0.279 e. The number of terminal acetylenes is 1. The fourth-order valence-corrected chi connectivity index (χ4v) is 1.51. The summed E-state index contributed by atoms with van der Waals surface area (Å²) in [5.41, 5.74) is 0.793. The van der Waals surface area contributed by atoms with E-state index >= 15 is 0 Å². The lowest BCUT2D eigenvalue weighted by molar-refractivity contribution is -0.863. The van der Waals surface area contributed by atoms with Crippen LogP contribution in [0.1, 0.15) is 0 Å². The van der Waals surface area contributed by atoms with Crippen LogP contribution in [-0.2, 0) is 4.79 Å². The van der Waals surface area contributed by atoms with Gasteiger partial charge in [-0.05, 0) is 30.2 Å². The molecule has 0 fully saturated rings. The first-order valence-electron chi connectivity index (χ1n) is 4.92. The van der Waals surface area contributed by atoms with Crippen molar-refractivity contribution in [3.05, 3.63) is 28.7 Å². The van der Waals surface area contributed by atoms with Crippen LogP contribution >= 0.6 is 15.9 Å². The highest BCUT2D eigenvalue weighted by molar-refractivity contribution is 9.10. The van der Waals surface area contributed by atoms with E-state index in [0.717, 1.165) is 15.1 Å². The Bertz CT molecular complexity index is 394. The molecule has 0 saturated heterocycles. The number of hydrogen-bond acceptors (Lipinski definition) is 1. The number of hydrogen-bond donors (Lipinski definition) is 2. The molecule has 1 aromatic rings. The van der Waals surface area contributed by atoms with Crippen molar-refractivity contribution < 1.29 is 9.69 Å². The Morgan fingerprint density at radius 1 is 1.50 bits per heavy atom. The summed E-state index contributed by atoms with van der Waals surface area (Å²) in [6.45, 7) is 0.925. The third-order valence-corrected chi connectivity index (χ3v) is 2.52. The van der Waals surface area contributed by atoms with Gasteiger partial charge in [0.2, 0.25) is 0 Å². The first-order chi connectivity index (χ1) is 7.61. The molecule has 1 aromatic carbocycles. The van der Waals surface area contributed by atoms with Gasteiger partial charge in [0.15, 0.2) is 6.54 Å². The first kappa shape index (κ1) is 12.8. The summed E-state index contributed by atoms with van der Waals surface area (Å²) in [5, 5.41) is 2.81. The van der Waals surface area contributed by atoms with Gasteiger partial charge in [0.25, 0.3) is 5.91 Å². The topological polar surface area (TPSA) is 33.5 Å². The second-order valence-corrected chi connectivity index (χ2v) is 4.49. The van der Waals surface area contributed by atoms with E-state index in [1.165, 1.54) is 0 Å². The summed E-state index contributed by atoms with van der Waals surface area (Å²) >= 11 is 3.33. The van der Waals surface area contributed by atoms with Crippen molar-refractivity contribution >= 4 is 27.5 Å². The lowest BCUT2D eigenvalue weighted by Gasteiger charge is -2.10. The van der Waals surface area contributed by atoms with Crippen LogP contribution in [0.3, 0.4) is 0 Å². The van der Waals surface area contributed by atoms with E-state index in [9.17, 15) is 4.79 Å². The molecule has 1 atom stereocenters. The van der Waals surface area contributed by atoms with Crippen LogP contribution in [0.15, 0.2) is 28.7 Å². The van der Waals surface area contributed by atoms with Crippen molar-refractivity contribution in [2.45, 2.75) is 0 Å². The minimum Gasteiger partial charge on any atom is -0.321 e. The number of anilines is 1. The standard InChI is InChI=1S/C12H13BrN2O/c1-3-8-15(2)9-12(16)14-11-6-4-10(13)5-7-11/h1,4-7H,8-9H2,2H3,(H,14,16)/p+1. The number of amides is 1. The van der Waals surface area contributed by atoms with E-state index in [2.05, 4.69) is 27.2 Å². The summed E-state index contributed by atoms with van der Waals surface area (Å²) in [5.74, 6) is 2.49. The van der Waals surface area contributed by atoms with Crippen LogP contribution in [0.5, 0.6) is 0 Å². The highest BCUT2D eigenvalue weighted by Crippen LogP contribution is 2.13.